The van der Waals surface area contributed by atoms with Crippen molar-refractivity contribution in [2.45, 2.75) is 6.04 Å². The minimum absolute atomic E-state index is 0.303. The van der Waals surface area contributed by atoms with Crippen molar-refractivity contribution >= 4 is 12.2 Å². The van der Waals surface area contributed by atoms with Crippen molar-refractivity contribution < 1.29 is 15.4 Å². The van der Waals surface area contributed by atoms with Gasteiger partial charge in [0.15, 0.2) is 0 Å². The number of nitrogens with zero attached hydrogens (tertiary/aromatic N) is 2. The van der Waals surface area contributed by atoms with E-state index >= 15 is 0 Å². The lowest BCUT2D eigenvalue weighted by atomic mass is 9.96. The molecule has 0 amide bonds. The van der Waals surface area contributed by atoms with Gasteiger partial charge in [0.2, 0.25) is 0 Å². The zero-order valence-corrected chi connectivity index (χ0v) is 20.7. The lowest BCUT2D eigenvalue weighted by Crippen LogP contribution is -2.60. The monoisotopic (exact) mass is 493 g/mol. The first-order valence-corrected chi connectivity index (χ1v) is 12.6. The van der Waals surface area contributed by atoms with E-state index in [2.05, 4.69) is 0 Å². The molecule has 1 saturated heterocycles. The summed E-state index contributed by atoms with van der Waals surface area (Å²) in [5.41, 5.74) is 2.68. The van der Waals surface area contributed by atoms with Gasteiger partial charge >= 0.3 is 0 Å². The Balaban J connectivity index is 1.69. The normalized spacial score (nSPS) is 24.7. The summed E-state index contributed by atoms with van der Waals surface area (Å²) in [6.45, 7) is -12.5. The highest BCUT2D eigenvalue weighted by atomic mass is 15.4. The van der Waals surface area contributed by atoms with Crippen LogP contribution in [-0.4, -0.2) is 48.5 Å². The fourth-order valence-corrected chi connectivity index (χ4v) is 4.37. The molecule has 0 unspecified atom stereocenters. The molecule has 0 bridgehead atoms. The minimum Gasteiger partial charge on any atom is -0.315 e. The molecule has 0 saturated carbocycles. The van der Waals surface area contributed by atoms with Crippen LogP contribution in [-0.2, 0) is 0 Å². The fraction of sp³-hybridized carbons (Fsp3) is 0.200. The van der Waals surface area contributed by atoms with Crippen molar-refractivity contribution in [2.24, 2.45) is 0 Å². The van der Waals surface area contributed by atoms with Crippen molar-refractivity contribution in [1.82, 2.24) is 4.90 Å². The first-order valence-electron chi connectivity index (χ1n) is 16.6. The molecule has 37 heavy (non-hydrogen) atoms. The van der Waals surface area contributed by atoms with Gasteiger partial charge in [-0.1, -0.05) is 133 Å². The molecule has 0 radical (unpaired) electrons. The molecule has 0 aliphatic carbocycles. The standard InChI is InChI=1S/C35H37N2/c1-5-15-31(16-6-1)19-13-27-37(28-14-20-32-17-7-2-8-18-32)29-25-36(26-30-37)35(33-21-9-3-10-22-33)34-23-11-4-12-24-34/h1-24,35H,25-30H2/q+1/b19-13+,20-14+/i25D2,26D2,29D2,30D2. The smallest absolute Gasteiger partial charge is 0.0980 e. The Kier molecular flexibility index (Phi) is 5.71. The first kappa shape index (κ1) is 16.9. The molecular weight excluding hydrogens is 448 g/mol. The Morgan fingerprint density at radius 3 is 1.38 bits per heavy atom. The summed E-state index contributed by atoms with van der Waals surface area (Å²) in [5, 5.41) is 0. The van der Waals surface area contributed by atoms with E-state index in [0.717, 1.165) is 16.0 Å². The molecule has 2 nitrogen and oxygen atoms in total. The van der Waals surface area contributed by atoms with E-state index < -0.39 is 36.5 Å². The molecule has 1 fully saturated rings. The predicted octanol–water partition coefficient (Wildman–Crippen LogP) is 7.34. The first-order chi connectivity index (χ1) is 21.4. The Labute approximate surface area is 233 Å². The van der Waals surface area contributed by atoms with Gasteiger partial charge in [-0.25, -0.2) is 0 Å². The van der Waals surface area contributed by atoms with Crippen molar-refractivity contribution in [3.05, 3.63) is 156 Å². The van der Waals surface area contributed by atoms with E-state index in [-0.39, 0.29) is 13.1 Å². The molecule has 1 aliphatic heterocycles. The molecule has 2 heteroatoms. The lowest BCUT2D eigenvalue weighted by molar-refractivity contribution is -0.921. The van der Waals surface area contributed by atoms with E-state index in [1.54, 1.807) is 85.0 Å². The Bertz CT molecular complexity index is 1490. The van der Waals surface area contributed by atoms with Crippen LogP contribution >= 0.6 is 0 Å². The SMILES string of the molecule is [2H]C1([2H])N(C(c2ccccc2)c2ccccc2)C([2H])([2H])C([2H])([2H])[N+](C/C=C/c2ccccc2)(C/C=C/c2ccccc2)C1([2H])[2H]. The van der Waals surface area contributed by atoms with Crippen molar-refractivity contribution in [2.75, 3.05) is 39.1 Å². The maximum atomic E-state index is 9.53. The van der Waals surface area contributed by atoms with Gasteiger partial charge in [0.05, 0.1) is 37.6 Å². The van der Waals surface area contributed by atoms with Gasteiger partial charge < -0.3 is 4.48 Å². The Hall–Kier alpha value is -3.72. The number of hydrogen-bond donors (Lipinski definition) is 0. The average molecular weight is 494 g/mol. The zero-order chi connectivity index (χ0) is 32.3. The summed E-state index contributed by atoms with van der Waals surface area (Å²) >= 11 is 0. The minimum atomic E-state index is -2.99. The third kappa shape index (κ3) is 6.74. The quantitative estimate of drug-likeness (QED) is 0.221. The van der Waals surface area contributed by atoms with Gasteiger partial charge in [-0.3, -0.25) is 4.90 Å². The van der Waals surface area contributed by atoms with Crippen LogP contribution in [0.3, 0.4) is 0 Å². The van der Waals surface area contributed by atoms with E-state index in [9.17, 15) is 11.0 Å². The molecule has 0 spiro atoms. The van der Waals surface area contributed by atoms with Gasteiger partial charge in [-0.05, 0) is 34.4 Å². The van der Waals surface area contributed by atoms with Gasteiger partial charge in [0, 0.05) is 18.5 Å². The third-order valence-electron chi connectivity index (χ3n) is 6.31. The molecule has 0 aromatic heterocycles. The summed E-state index contributed by atoms with van der Waals surface area (Å²) in [4.78, 5) is 0.781. The maximum absolute atomic E-state index is 9.53. The highest BCUT2D eigenvalue weighted by molar-refractivity contribution is 5.49. The van der Waals surface area contributed by atoms with E-state index in [4.69, 9.17) is 0 Å². The number of piperazine rings is 1. The van der Waals surface area contributed by atoms with E-state index in [1.165, 1.54) is 0 Å². The second-order valence-electron chi connectivity index (χ2n) is 9.00. The lowest BCUT2D eigenvalue weighted by Gasteiger charge is -2.46. The van der Waals surface area contributed by atoms with E-state index in [0.29, 0.717) is 11.1 Å². The number of benzene rings is 4. The molecule has 4 aromatic rings. The summed E-state index contributed by atoms with van der Waals surface area (Å²) in [6, 6.07) is 35.0. The second-order valence-corrected chi connectivity index (χ2v) is 9.00. The van der Waals surface area contributed by atoms with Crippen molar-refractivity contribution in [1.29, 1.82) is 0 Å². The van der Waals surface area contributed by atoms with Gasteiger partial charge in [0.1, 0.15) is 0 Å². The summed E-state index contributed by atoms with van der Waals surface area (Å²) in [7, 11) is 0. The fourth-order valence-electron chi connectivity index (χ4n) is 4.37. The molecule has 0 atom stereocenters. The topological polar surface area (TPSA) is 3.24 Å². The third-order valence-corrected chi connectivity index (χ3v) is 6.31. The molecule has 1 aliphatic rings. The van der Waals surface area contributed by atoms with Crippen LogP contribution in [0.1, 0.15) is 39.3 Å². The second kappa shape index (κ2) is 12.5. The molecule has 4 aromatic carbocycles. The number of rotatable bonds is 9. The van der Waals surface area contributed by atoms with E-state index in [1.807, 2.05) is 60.7 Å². The van der Waals surface area contributed by atoms with Crippen LogP contribution in [0.5, 0.6) is 0 Å². The van der Waals surface area contributed by atoms with Crippen LogP contribution in [0.15, 0.2) is 133 Å². The molecular formula is C35H37N2+. The van der Waals surface area contributed by atoms with Crippen LogP contribution < -0.4 is 0 Å². The summed E-state index contributed by atoms with van der Waals surface area (Å²) in [6.07, 6.45) is 6.72. The van der Waals surface area contributed by atoms with Gasteiger partial charge in [-0.15, -0.1) is 0 Å². The highest BCUT2D eigenvalue weighted by Crippen LogP contribution is 2.31. The predicted molar refractivity (Wildman–Crippen MR) is 157 cm³/mol. The molecule has 1 heterocycles. The van der Waals surface area contributed by atoms with Crippen LogP contribution in [0, 0.1) is 0 Å². The van der Waals surface area contributed by atoms with Gasteiger partial charge in [-0.2, -0.15) is 0 Å². The molecule has 5 rings (SSSR count). The summed E-state index contributed by atoms with van der Waals surface area (Å²) < 4.78 is 74.7. The van der Waals surface area contributed by atoms with Crippen molar-refractivity contribution in [3.63, 3.8) is 0 Å². The van der Waals surface area contributed by atoms with Crippen LogP contribution in [0.25, 0.3) is 12.2 Å². The highest BCUT2D eigenvalue weighted by Gasteiger charge is 2.34. The number of hydrogen-bond acceptors (Lipinski definition) is 1. The van der Waals surface area contributed by atoms with Crippen LogP contribution in [0.4, 0.5) is 0 Å². The van der Waals surface area contributed by atoms with Crippen molar-refractivity contribution in [3.8, 4) is 0 Å². The Morgan fingerprint density at radius 2 is 0.973 bits per heavy atom. The maximum Gasteiger partial charge on any atom is 0.0980 e. The Morgan fingerprint density at radius 1 is 0.595 bits per heavy atom. The largest absolute Gasteiger partial charge is 0.315 e. The summed E-state index contributed by atoms with van der Waals surface area (Å²) in [5.74, 6) is 0. The zero-order valence-electron chi connectivity index (χ0n) is 28.7. The number of quaternary nitrogens is 1. The van der Waals surface area contributed by atoms with Crippen LogP contribution in [0.2, 0.25) is 0 Å². The molecule has 0 N–H and O–H groups in total. The van der Waals surface area contributed by atoms with Gasteiger partial charge in [0.25, 0.3) is 0 Å². The molecule has 186 valence electrons. The average Bonchev–Trinajstić information content (AvgIpc) is 3.03.